The topological polar surface area (TPSA) is 63.6 Å². The summed E-state index contributed by atoms with van der Waals surface area (Å²) >= 11 is 3.34. The van der Waals surface area contributed by atoms with Gasteiger partial charge in [-0.3, -0.25) is 14.1 Å². The molecular weight excluding hydrogens is 296 g/mol. The molecule has 5 nitrogen and oxygen atoms in total. The summed E-state index contributed by atoms with van der Waals surface area (Å²) in [4.78, 5) is 18.6. The Balaban J connectivity index is 1.95. The Hall–Kier alpha value is -1.24. The molecule has 3 heterocycles. The first-order chi connectivity index (χ1) is 8.61. The summed E-state index contributed by atoms with van der Waals surface area (Å²) in [6.45, 7) is 2.44. The van der Waals surface area contributed by atoms with Crippen molar-refractivity contribution in [3.63, 3.8) is 0 Å². The fraction of sp³-hybridized carbons (Fsp3) is 0.333. The Morgan fingerprint density at radius 1 is 1.44 bits per heavy atom. The van der Waals surface area contributed by atoms with Gasteiger partial charge in [0.2, 0.25) is 0 Å². The van der Waals surface area contributed by atoms with Gasteiger partial charge in [-0.25, -0.2) is 4.98 Å². The molecule has 0 spiro atoms. The van der Waals surface area contributed by atoms with Crippen LogP contribution in [0.3, 0.4) is 0 Å². The van der Waals surface area contributed by atoms with Crippen LogP contribution in [0.25, 0.3) is 5.65 Å². The van der Waals surface area contributed by atoms with E-state index in [9.17, 15) is 4.79 Å². The van der Waals surface area contributed by atoms with E-state index in [1.54, 1.807) is 12.3 Å². The van der Waals surface area contributed by atoms with Crippen LogP contribution in [0, 0.1) is 0 Å². The molecule has 0 radical (unpaired) electrons. The molecule has 0 atom stereocenters. The average Bonchev–Trinajstić information content (AvgIpc) is 2.28. The number of likely N-dealkylation sites (tertiary alicyclic amines) is 1. The van der Waals surface area contributed by atoms with Crippen molar-refractivity contribution in [3.8, 4) is 0 Å². The highest BCUT2D eigenvalue weighted by molar-refractivity contribution is 9.10. The molecule has 1 aliphatic heterocycles. The lowest BCUT2D eigenvalue weighted by atomic mass is 10.1. The Morgan fingerprint density at radius 3 is 2.94 bits per heavy atom. The van der Waals surface area contributed by atoms with E-state index in [2.05, 4.69) is 25.8 Å². The van der Waals surface area contributed by atoms with Crippen LogP contribution >= 0.6 is 15.9 Å². The number of rotatable bonds is 2. The van der Waals surface area contributed by atoms with E-state index in [0.29, 0.717) is 12.2 Å². The van der Waals surface area contributed by atoms with E-state index in [4.69, 9.17) is 5.73 Å². The summed E-state index contributed by atoms with van der Waals surface area (Å²) in [7, 11) is 0. The van der Waals surface area contributed by atoms with Gasteiger partial charge in [-0.2, -0.15) is 0 Å². The zero-order valence-electron chi connectivity index (χ0n) is 9.71. The zero-order chi connectivity index (χ0) is 12.7. The minimum atomic E-state index is -0.0545. The Bertz CT molecular complexity index is 648. The molecule has 18 heavy (non-hydrogen) atoms. The highest BCUT2D eigenvalue weighted by Gasteiger charge is 2.23. The largest absolute Gasteiger partial charge is 0.325 e. The lowest BCUT2D eigenvalue weighted by molar-refractivity contribution is 0.140. The van der Waals surface area contributed by atoms with Crippen LogP contribution in [0.1, 0.15) is 5.69 Å². The molecular formula is C12H13BrN4O. The van der Waals surface area contributed by atoms with Crippen molar-refractivity contribution in [1.29, 1.82) is 0 Å². The molecule has 0 bridgehead atoms. The Labute approximate surface area is 112 Å². The maximum Gasteiger partial charge on any atom is 0.258 e. The summed E-state index contributed by atoms with van der Waals surface area (Å²) in [6, 6.07) is 5.56. The molecule has 0 aromatic carbocycles. The maximum atomic E-state index is 12.0. The van der Waals surface area contributed by atoms with Crippen molar-refractivity contribution in [3.05, 3.63) is 44.9 Å². The second-order valence-electron chi connectivity index (χ2n) is 4.62. The molecule has 2 N–H and O–H groups in total. The SMILES string of the molecule is NC1CN(Cc2cc(=O)n3cc(Br)ccc3n2)C1. The molecule has 0 unspecified atom stereocenters. The summed E-state index contributed by atoms with van der Waals surface area (Å²) in [5, 5.41) is 0. The summed E-state index contributed by atoms with van der Waals surface area (Å²) in [5.41, 5.74) is 7.14. The van der Waals surface area contributed by atoms with Gasteiger partial charge >= 0.3 is 0 Å². The molecule has 2 aromatic rings. The first-order valence-electron chi connectivity index (χ1n) is 5.77. The number of fused-ring (bicyclic) bond motifs is 1. The minimum absolute atomic E-state index is 0.0545. The van der Waals surface area contributed by atoms with Gasteiger partial charge in [0.05, 0.1) is 5.69 Å². The van der Waals surface area contributed by atoms with Gasteiger partial charge in [-0.05, 0) is 28.1 Å². The second kappa shape index (κ2) is 4.46. The van der Waals surface area contributed by atoms with Gasteiger partial charge in [-0.15, -0.1) is 0 Å². The van der Waals surface area contributed by atoms with Crippen molar-refractivity contribution < 1.29 is 0 Å². The first kappa shape index (κ1) is 11.8. The van der Waals surface area contributed by atoms with Crippen LogP contribution in [0.2, 0.25) is 0 Å². The number of aromatic nitrogens is 2. The number of nitrogens with two attached hydrogens (primary N) is 1. The molecule has 0 saturated carbocycles. The van der Waals surface area contributed by atoms with E-state index in [1.807, 2.05) is 12.1 Å². The van der Waals surface area contributed by atoms with Crippen molar-refractivity contribution in [2.75, 3.05) is 13.1 Å². The summed E-state index contributed by atoms with van der Waals surface area (Å²) in [5.74, 6) is 0. The number of halogens is 1. The highest BCUT2D eigenvalue weighted by Crippen LogP contribution is 2.12. The quantitative estimate of drug-likeness (QED) is 0.882. The van der Waals surface area contributed by atoms with E-state index in [-0.39, 0.29) is 11.6 Å². The lowest BCUT2D eigenvalue weighted by Gasteiger charge is -2.36. The third-order valence-corrected chi connectivity index (χ3v) is 3.52. The summed E-state index contributed by atoms with van der Waals surface area (Å²) in [6.07, 6.45) is 1.73. The minimum Gasteiger partial charge on any atom is -0.325 e. The fourth-order valence-corrected chi connectivity index (χ4v) is 2.51. The van der Waals surface area contributed by atoms with Crippen LogP contribution in [-0.4, -0.2) is 33.4 Å². The smallest absolute Gasteiger partial charge is 0.258 e. The molecule has 0 amide bonds. The van der Waals surface area contributed by atoms with Crippen LogP contribution in [0.4, 0.5) is 0 Å². The average molecular weight is 309 g/mol. The molecule has 1 saturated heterocycles. The number of pyridine rings is 1. The molecule has 2 aromatic heterocycles. The van der Waals surface area contributed by atoms with E-state index in [1.165, 1.54) is 4.40 Å². The summed E-state index contributed by atoms with van der Waals surface area (Å²) < 4.78 is 2.40. The number of hydrogen-bond donors (Lipinski definition) is 1. The third kappa shape index (κ3) is 2.19. The van der Waals surface area contributed by atoms with Gasteiger partial charge in [0, 0.05) is 42.4 Å². The standard InChI is InChI=1S/C12H13BrN4O/c13-8-1-2-11-15-10(3-12(18)17(11)4-8)7-16-5-9(14)6-16/h1-4,9H,5-7,14H2. The van der Waals surface area contributed by atoms with Crippen molar-refractivity contribution >= 4 is 21.6 Å². The molecule has 94 valence electrons. The monoisotopic (exact) mass is 308 g/mol. The number of hydrogen-bond acceptors (Lipinski definition) is 4. The van der Waals surface area contributed by atoms with Crippen molar-refractivity contribution in [2.24, 2.45) is 5.73 Å². The Kier molecular flexibility index (Phi) is 2.93. The van der Waals surface area contributed by atoms with E-state index >= 15 is 0 Å². The predicted octanol–water partition coefficient (Wildman–Crippen LogP) is 0.600. The van der Waals surface area contributed by atoms with Gasteiger partial charge in [-0.1, -0.05) is 0 Å². The lowest BCUT2D eigenvalue weighted by Crippen LogP contribution is -2.55. The fourth-order valence-electron chi connectivity index (χ4n) is 2.18. The molecule has 0 aliphatic carbocycles. The van der Waals surface area contributed by atoms with Gasteiger partial charge in [0.25, 0.3) is 5.56 Å². The normalized spacial score (nSPS) is 17.0. The number of nitrogens with zero attached hydrogens (tertiary/aromatic N) is 3. The molecule has 1 aliphatic rings. The van der Waals surface area contributed by atoms with Crippen molar-refractivity contribution in [1.82, 2.24) is 14.3 Å². The predicted molar refractivity (Wildman–Crippen MR) is 72.4 cm³/mol. The maximum absolute atomic E-state index is 12.0. The van der Waals surface area contributed by atoms with Crippen LogP contribution < -0.4 is 11.3 Å². The van der Waals surface area contributed by atoms with E-state index in [0.717, 1.165) is 23.3 Å². The van der Waals surface area contributed by atoms with Gasteiger partial charge < -0.3 is 5.73 Å². The van der Waals surface area contributed by atoms with Gasteiger partial charge in [0.1, 0.15) is 5.65 Å². The zero-order valence-corrected chi connectivity index (χ0v) is 11.3. The first-order valence-corrected chi connectivity index (χ1v) is 6.57. The van der Waals surface area contributed by atoms with Crippen LogP contribution in [0.5, 0.6) is 0 Å². The molecule has 3 rings (SSSR count). The highest BCUT2D eigenvalue weighted by atomic mass is 79.9. The molecule has 6 heteroatoms. The van der Waals surface area contributed by atoms with E-state index < -0.39 is 0 Å². The Morgan fingerprint density at radius 2 is 2.22 bits per heavy atom. The van der Waals surface area contributed by atoms with Gasteiger partial charge in [0.15, 0.2) is 0 Å². The van der Waals surface area contributed by atoms with Crippen LogP contribution in [0.15, 0.2) is 33.7 Å². The van der Waals surface area contributed by atoms with Crippen molar-refractivity contribution in [2.45, 2.75) is 12.6 Å². The molecule has 1 fully saturated rings. The third-order valence-electron chi connectivity index (χ3n) is 3.05. The van der Waals surface area contributed by atoms with Crippen LogP contribution in [-0.2, 0) is 6.54 Å². The second-order valence-corrected chi connectivity index (χ2v) is 5.53.